The summed E-state index contributed by atoms with van der Waals surface area (Å²) < 4.78 is 13.5. The van der Waals surface area contributed by atoms with E-state index in [-0.39, 0.29) is 30.6 Å². The van der Waals surface area contributed by atoms with Crippen LogP contribution in [0.2, 0.25) is 0 Å². The zero-order chi connectivity index (χ0) is 18.5. The lowest BCUT2D eigenvalue weighted by Crippen LogP contribution is -2.33. The molecule has 0 aromatic heterocycles. The molecule has 4 nitrogen and oxygen atoms in total. The molecule has 132 valence electrons. The van der Waals surface area contributed by atoms with Crippen LogP contribution in [0, 0.1) is 30.5 Å². The second-order valence-corrected chi connectivity index (χ2v) is 6.24. The van der Waals surface area contributed by atoms with Gasteiger partial charge in [0.05, 0.1) is 18.0 Å². The molecule has 1 aliphatic rings. The highest BCUT2D eigenvalue weighted by molar-refractivity contribution is 6.00. The monoisotopic (exact) mass is 350 g/mol. The highest BCUT2D eigenvalue weighted by atomic mass is 19.1. The van der Waals surface area contributed by atoms with Crippen LogP contribution in [-0.4, -0.2) is 24.9 Å². The third kappa shape index (κ3) is 4.09. The fourth-order valence-electron chi connectivity index (χ4n) is 2.84. The molecule has 1 heterocycles. The third-order valence-corrected chi connectivity index (χ3v) is 4.29. The molecule has 0 bridgehead atoms. The molecule has 0 radical (unpaired) electrons. The third-order valence-electron chi connectivity index (χ3n) is 4.29. The van der Waals surface area contributed by atoms with Crippen LogP contribution in [0.1, 0.15) is 17.5 Å². The number of rotatable bonds is 3. The van der Waals surface area contributed by atoms with E-state index in [0.717, 1.165) is 11.3 Å². The van der Waals surface area contributed by atoms with E-state index >= 15 is 0 Å². The summed E-state index contributed by atoms with van der Waals surface area (Å²) in [6, 6.07) is 13.9. The van der Waals surface area contributed by atoms with Crippen LogP contribution >= 0.6 is 0 Å². The smallest absolute Gasteiger partial charge is 0.227 e. The highest BCUT2D eigenvalue weighted by Gasteiger charge is 2.34. The SMILES string of the molecule is Cc1ccc(N2CC(C(=O)NCC#Cc3ccccc3F)CC2=O)cc1. The molecule has 0 aliphatic carbocycles. The van der Waals surface area contributed by atoms with Gasteiger partial charge in [0, 0.05) is 18.7 Å². The van der Waals surface area contributed by atoms with Gasteiger partial charge in [-0.3, -0.25) is 9.59 Å². The number of nitrogens with zero attached hydrogens (tertiary/aromatic N) is 1. The molecule has 1 unspecified atom stereocenters. The maximum absolute atomic E-state index is 13.5. The molecule has 1 fully saturated rings. The van der Waals surface area contributed by atoms with Gasteiger partial charge in [-0.2, -0.15) is 0 Å². The van der Waals surface area contributed by atoms with Crippen LogP contribution < -0.4 is 10.2 Å². The first-order chi connectivity index (χ1) is 12.5. The number of anilines is 1. The Kier molecular flexibility index (Phi) is 5.33. The van der Waals surface area contributed by atoms with Crippen molar-refractivity contribution in [3.8, 4) is 11.8 Å². The number of halogens is 1. The summed E-state index contributed by atoms with van der Waals surface area (Å²) in [4.78, 5) is 26.1. The molecule has 5 heteroatoms. The Morgan fingerprint density at radius 2 is 1.96 bits per heavy atom. The Bertz CT molecular complexity index is 881. The van der Waals surface area contributed by atoms with E-state index in [2.05, 4.69) is 17.2 Å². The Morgan fingerprint density at radius 3 is 2.69 bits per heavy atom. The van der Waals surface area contributed by atoms with E-state index in [1.165, 1.54) is 6.07 Å². The van der Waals surface area contributed by atoms with E-state index in [0.29, 0.717) is 12.1 Å². The first-order valence-electron chi connectivity index (χ1n) is 8.43. The summed E-state index contributed by atoms with van der Waals surface area (Å²) in [7, 11) is 0. The van der Waals surface area contributed by atoms with Gasteiger partial charge in [0.25, 0.3) is 0 Å². The van der Waals surface area contributed by atoms with Crippen molar-refractivity contribution in [3.05, 3.63) is 65.5 Å². The molecule has 0 saturated carbocycles. The van der Waals surface area contributed by atoms with E-state index in [9.17, 15) is 14.0 Å². The van der Waals surface area contributed by atoms with Crippen molar-refractivity contribution in [2.45, 2.75) is 13.3 Å². The van der Waals surface area contributed by atoms with E-state index in [1.807, 2.05) is 31.2 Å². The first-order valence-corrected chi connectivity index (χ1v) is 8.43. The number of aryl methyl sites for hydroxylation is 1. The second kappa shape index (κ2) is 7.83. The molecule has 1 aliphatic heterocycles. The van der Waals surface area contributed by atoms with Crippen LogP contribution in [0.3, 0.4) is 0 Å². The maximum atomic E-state index is 13.5. The standard InChI is InChI=1S/C21H19FN2O2/c1-15-8-10-18(11-9-15)24-14-17(13-20(24)25)21(26)23-12-4-6-16-5-2-3-7-19(16)22/h2-3,5,7-11,17H,12-14H2,1H3,(H,23,26). The van der Waals surface area contributed by atoms with Gasteiger partial charge in [-0.1, -0.05) is 41.7 Å². The number of benzene rings is 2. The molecule has 2 aromatic rings. The zero-order valence-corrected chi connectivity index (χ0v) is 14.5. The van der Waals surface area contributed by atoms with Crippen LogP contribution in [-0.2, 0) is 9.59 Å². The minimum absolute atomic E-state index is 0.0635. The van der Waals surface area contributed by atoms with Crippen molar-refractivity contribution in [1.82, 2.24) is 5.32 Å². The van der Waals surface area contributed by atoms with Gasteiger partial charge in [-0.15, -0.1) is 0 Å². The lowest BCUT2D eigenvalue weighted by Gasteiger charge is -2.16. The lowest BCUT2D eigenvalue weighted by atomic mass is 10.1. The lowest BCUT2D eigenvalue weighted by molar-refractivity contribution is -0.126. The van der Waals surface area contributed by atoms with E-state index in [4.69, 9.17) is 0 Å². The number of amides is 2. The highest BCUT2D eigenvalue weighted by Crippen LogP contribution is 2.25. The van der Waals surface area contributed by atoms with Crippen molar-refractivity contribution < 1.29 is 14.0 Å². The number of hydrogen-bond acceptors (Lipinski definition) is 2. The Balaban J connectivity index is 1.55. The summed E-state index contributed by atoms with van der Waals surface area (Å²) in [6.45, 7) is 2.45. The first kappa shape index (κ1) is 17.7. The number of carbonyl (C=O) groups is 2. The van der Waals surface area contributed by atoms with Gasteiger partial charge in [0.15, 0.2) is 0 Å². The van der Waals surface area contributed by atoms with Crippen LogP contribution in [0.4, 0.5) is 10.1 Å². The van der Waals surface area contributed by atoms with Crippen LogP contribution in [0.25, 0.3) is 0 Å². The van der Waals surface area contributed by atoms with Crippen molar-refractivity contribution in [1.29, 1.82) is 0 Å². The molecule has 0 spiro atoms. The van der Waals surface area contributed by atoms with Crippen molar-refractivity contribution in [2.24, 2.45) is 5.92 Å². The fourth-order valence-corrected chi connectivity index (χ4v) is 2.84. The molecular weight excluding hydrogens is 331 g/mol. The van der Waals surface area contributed by atoms with Gasteiger partial charge < -0.3 is 10.2 Å². The normalized spacial score (nSPS) is 16.2. The minimum Gasteiger partial charge on any atom is -0.345 e. The summed E-state index contributed by atoms with van der Waals surface area (Å²) >= 11 is 0. The Morgan fingerprint density at radius 1 is 1.23 bits per heavy atom. The topological polar surface area (TPSA) is 49.4 Å². The quantitative estimate of drug-likeness (QED) is 0.866. The Labute approximate surface area is 152 Å². The number of carbonyl (C=O) groups excluding carboxylic acids is 2. The average molecular weight is 350 g/mol. The largest absolute Gasteiger partial charge is 0.345 e. The van der Waals surface area contributed by atoms with Crippen LogP contribution in [0.15, 0.2) is 48.5 Å². The summed E-state index contributed by atoms with van der Waals surface area (Å²) in [5.41, 5.74) is 2.21. The average Bonchev–Trinajstić information content (AvgIpc) is 3.02. The van der Waals surface area contributed by atoms with Gasteiger partial charge in [-0.05, 0) is 31.2 Å². The second-order valence-electron chi connectivity index (χ2n) is 6.24. The molecule has 2 aromatic carbocycles. The van der Waals surface area contributed by atoms with E-state index in [1.54, 1.807) is 23.1 Å². The van der Waals surface area contributed by atoms with Gasteiger partial charge >= 0.3 is 0 Å². The van der Waals surface area contributed by atoms with Gasteiger partial charge in [0.2, 0.25) is 11.8 Å². The zero-order valence-electron chi connectivity index (χ0n) is 14.5. The molecule has 1 N–H and O–H groups in total. The fraction of sp³-hybridized carbons (Fsp3) is 0.238. The molecule has 26 heavy (non-hydrogen) atoms. The van der Waals surface area contributed by atoms with Gasteiger partial charge in [0.1, 0.15) is 5.82 Å². The van der Waals surface area contributed by atoms with Crippen molar-refractivity contribution >= 4 is 17.5 Å². The van der Waals surface area contributed by atoms with E-state index < -0.39 is 5.92 Å². The van der Waals surface area contributed by atoms with Gasteiger partial charge in [-0.25, -0.2) is 4.39 Å². The van der Waals surface area contributed by atoms with Crippen molar-refractivity contribution in [3.63, 3.8) is 0 Å². The Hall–Kier alpha value is -3.13. The molecular formula is C21H19FN2O2. The molecule has 1 atom stereocenters. The number of hydrogen-bond donors (Lipinski definition) is 1. The predicted molar refractivity (Wildman–Crippen MR) is 97.9 cm³/mol. The minimum atomic E-state index is -0.404. The molecule has 1 saturated heterocycles. The molecule has 2 amide bonds. The maximum Gasteiger partial charge on any atom is 0.227 e. The summed E-state index contributed by atoms with van der Waals surface area (Å²) in [5, 5.41) is 2.70. The van der Waals surface area contributed by atoms with Crippen LogP contribution in [0.5, 0.6) is 0 Å². The predicted octanol–water partition coefficient (Wildman–Crippen LogP) is 2.65. The summed E-state index contributed by atoms with van der Waals surface area (Å²) in [6.07, 6.45) is 0.181. The molecule has 3 rings (SSSR count). The summed E-state index contributed by atoms with van der Waals surface area (Å²) in [5.74, 6) is 4.36. The van der Waals surface area contributed by atoms with Crippen molar-refractivity contribution in [2.75, 3.05) is 18.0 Å². The number of nitrogens with one attached hydrogen (secondary N) is 1.